The summed E-state index contributed by atoms with van der Waals surface area (Å²) in [5.74, 6) is 1.15. The molecule has 0 aromatic rings. The Morgan fingerprint density at radius 3 is 2.00 bits per heavy atom. The molecule has 0 bridgehead atoms. The minimum atomic E-state index is -0.641. The van der Waals surface area contributed by atoms with Gasteiger partial charge in [-0.2, -0.15) is 0 Å². The largest absolute Gasteiger partial charge is 0.481 e. The summed E-state index contributed by atoms with van der Waals surface area (Å²) < 4.78 is 0. The van der Waals surface area contributed by atoms with Gasteiger partial charge in [0.05, 0.1) is 0 Å². The highest BCUT2D eigenvalue weighted by atomic mass is 16.4. The number of carbonyl (C=O) groups is 1. The van der Waals surface area contributed by atoms with Crippen LogP contribution in [0.5, 0.6) is 0 Å². The number of unbranched alkanes of at least 4 members (excludes halogenated alkanes) is 2. The van der Waals surface area contributed by atoms with Crippen LogP contribution < -0.4 is 0 Å². The lowest BCUT2D eigenvalue weighted by Crippen LogP contribution is -2.14. The van der Waals surface area contributed by atoms with Gasteiger partial charge in [-0.25, -0.2) is 0 Å². The molecule has 0 aromatic heterocycles. The molecule has 1 aliphatic rings. The Hall–Kier alpha value is -0.530. The van der Waals surface area contributed by atoms with Crippen molar-refractivity contribution < 1.29 is 9.90 Å². The van der Waals surface area contributed by atoms with E-state index in [-0.39, 0.29) is 0 Å². The molecular formula is C15H28O2. The Morgan fingerprint density at radius 1 is 1.00 bits per heavy atom. The quantitative estimate of drug-likeness (QED) is 0.628. The van der Waals surface area contributed by atoms with Crippen LogP contribution in [-0.4, -0.2) is 11.1 Å². The molecule has 0 heterocycles. The summed E-state index contributed by atoms with van der Waals surface area (Å²) in [6.45, 7) is 2.26. The highest BCUT2D eigenvalue weighted by Crippen LogP contribution is 2.34. The molecule has 0 radical (unpaired) electrons. The number of hydrogen-bond acceptors (Lipinski definition) is 1. The first kappa shape index (κ1) is 14.5. The first-order valence-electron chi connectivity index (χ1n) is 7.44. The van der Waals surface area contributed by atoms with Crippen molar-refractivity contribution in [1.29, 1.82) is 0 Å². The lowest BCUT2D eigenvalue weighted by atomic mass is 9.78. The number of carboxylic acid groups (broad SMARTS) is 1. The Bertz CT molecular complexity index is 205. The minimum absolute atomic E-state index is 0.358. The molecule has 1 saturated carbocycles. The summed E-state index contributed by atoms with van der Waals surface area (Å²) in [6, 6.07) is 0. The fourth-order valence-electron chi connectivity index (χ4n) is 3.03. The molecule has 0 unspecified atom stereocenters. The average Bonchev–Trinajstić information content (AvgIpc) is 2.31. The van der Waals surface area contributed by atoms with E-state index >= 15 is 0 Å². The Balaban J connectivity index is 2.03. The first-order valence-corrected chi connectivity index (χ1v) is 7.44. The standard InChI is InChI=1S/C15H28O2/c1-2-3-4-6-13-9-11-14(12-10-13)7-5-8-15(16)17/h13-14H,2-12H2,1H3,(H,16,17)/t13-,14-. The topological polar surface area (TPSA) is 37.3 Å². The van der Waals surface area contributed by atoms with Crippen LogP contribution in [0.2, 0.25) is 0 Å². The summed E-state index contributed by atoms with van der Waals surface area (Å²) in [7, 11) is 0. The Kier molecular flexibility index (Phi) is 7.30. The third kappa shape index (κ3) is 6.70. The third-order valence-electron chi connectivity index (χ3n) is 4.19. The third-order valence-corrected chi connectivity index (χ3v) is 4.19. The first-order chi connectivity index (χ1) is 8.22. The van der Waals surface area contributed by atoms with Gasteiger partial charge in [0.2, 0.25) is 0 Å². The summed E-state index contributed by atoms with van der Waals surface area (Å²) in [5, 5.41) is 8.61. The second kappa shape index (κ2) is 8.54. The summed E-state index contributed by atoms with van der Waals surface area (Å²) in [4.78, 5) is 10.4. The van der Waals surface area contributed by atoms with E-state index in [0.29, 0.717) is 6.42 Å². The van der Waals surface area contributed by atoms with E-state index in [9.17, 15) is 4.79 Å². The van der Waals surface area contributed by atoms with Crippen molar-refractivity contribution in [3.63, 3.8) is 0 Å². The van der Waals surface area contributed by atoms with Gasteiger partial charge in [-0.15, -0.1) is 0 Å². The molecule has 0 spiro atoms. The van der Waals surface area contributed by atoms with E-state index in [1.165, 1.54) is 51.4 Å². The van der Waals surface area contributed by atoms with Gasteiger partial charge < -0.3 is 5.11 Å². The van der Waals surface area contributed by atoms with E-state index in [0.717, 1.165) is 24.7 Å². The number of rotatable bonds is 8. The van der Waals surface area contributed by atoms with Gasteiger partial charge in [-0.3, -0.25) is 4.79 Å². The van der Waals surface area contributed by atoms with Crippen molar-refractivity contribution >= 4 is 5.97 Å². The van der Waals surface area contributed by atoms with Gasteiger partial charge in [0.25, 0.3) is 0 Å². The normalized spacial score (nSPS) is 24.8. The maximum atomic E-state index is 10.4. The maximum Gasteiger partial charge on any atom is 0.303 e. The van der Waals surface area contributed by atoms with Gasteiger partial charge in [0, 0.05) is 6.42 Å². The van der Waals surface area contributed by atoms with Crippen LogP contribution in [-0.2, 0) is 4.79 Å². The van der Waals surface area contributed by atoms with Gasteiger partial charge in [0.15, 0.2) is 0 Å². The van der Waals surface area contributed by atoms with E-state index in [1.54, 1.807) is 0 Å². The zero-order chi connectivity index (χ0) is 12.5. The van der Waals surface area contributed by atoms with Gasteiger partial charge >= 0.3 is 5.97 Å². The molecule has 1 rings (SSSR count). The van der Waals surface area contributed by atoms with Crippen molar-refractivity contribution in [2.75, 3.05) is 0 Å². The summed E-state index contributed by atoms with van der Waals surface area (Å²) >= 11 is 0. The molecule has 100 valence electrons. The van der Waals surface area contributed by atoms with Crippen molar-refractivity contribution in [2.45, 2.75) is 77.6 Å². The van der Waals surface area contributed by atoms with Crippen LogP contribution in [0.15, 0.2) is 0 Å². The second-order valence-electron chi connectivity index (χ2n) is 5.67. The average molecular weight is 240 g/mol. The summed E-state index contributed by atoms with van der Waals surface area (Å²) in [6.07, 6.45) is 13.4. The monoisotopic (exact) mass is 240 g/mol. The van der Waals surface area contributed by atoms with Gasteiger partial charge in [0.1, 0.15) is 0 Å². The van der Waals surface area contributed by atoms with E-state index in [4.69, 9.17) is 5.11 Å². The van der Waals surface area contributed by atoms with Gasteiger partial charge in [-0.05, 0) is 24.7 Å². The van der Waals surface area contributed by atoms with E-state index in [2.05, 4.69) is 6.92 Å². The van der Waals surface area contributed by atoms with Crippen LogP contribution in [0.1, 0.15) is 77.6 Å². The lowest BCUT2D eigenvalue weighted by molar-refractivity contribution is -0.137. The highest BCUT2D eigenvalue weighted by Gasteiger charge is 2.20. The van der Waals surface area contributed by atoms with Crippen LogP contribution in [0.4, 0.5) is 0 Å². The lowest BCUT2D eigenvalue weighted by Gasteiger charge is -2.28. The smallest absolute Gasteiger partial charge is 0.303 e. The molecule has 2 heteroatoms. The molecule has 0 saturated heterocycles. The molecule has 0 aromatic carbocycles. The van der Waals surface area contributed by atoms with Crippen LogP contribution >= 0.6 is 0 Å². The van der Waals surface area contributed by atoms with Crippen molar-refractivity contribution in [3.05, 3.63) is 0 Å². The second-order valence-corrected chi connectivity index (χ2v) is 5.67. The molecule has 0 aliphatic heterocycles. The molecule has 2 nitrogen and oxygen atoms in total. The predicted molar refractivity (Wildman–Crippen MR) is 71.1 cm³/mol. The minimum Gasteiger partial charge on any atom is -0.481 e. The maximum absolute atomic E-state index is 10.4. The SMILES string of the molecule is CCCCC[C@H]1CC[C@H](CCCC(=O)O)CC1. The van der Waals surface area contributed by atoms with Crippen molar-refractivity contribution in [3.8, 4) is 0 Å². The molecule has 1 aliphatic carbocycles. The van der Waals surface area contributed by atoms with Crippen molar-refractivity contribution in [1.82, 2.24) is 0 Å². The molecular weight excluding hydrogens is 212 g/mol. The van der Waals surface area contributed by atoms with Crippen LogP contribution in [0.3, 0.4) is 0 Å². The zero-order valence-corrected chi connectivity index (χ0v) is 11.3. The number of carboxylic acids is 1. The van der Waals surface area contributed by atoms with E-state index in [1.807, 2.05) is 0 Å². The Morgan fingerprint density at radius 2 is 1.53 bits per heavy atom. The molecule has 1 fully saturated rings. The fraction of sp³-hybridized carbons (Fsp3) is 0.933. The molecule has 0 amide bonds. The highest BCUT2D eigenvalue weighted by molar-refractivity contribution is 5.66. The predicted octanol–water partition coefficient (Wildman–Crippen LogP) is 4.63. The van der Waals surface area contributed by atoms with Crippen LogP contribution in [0, 0.1) is 11.8 Å². The molecule has 1 N–H and O–H groups in total. The fourth-order valence-corrected chi connectivity index (χ4v) is 3.03. The zero-order valence-electron chi connectivity index (χ0n) is 11.3. The molecule has 0 atom stereocenters. The van der Waals surface area contributed by atoms with Crippen LogP contribution in [0.25, 0.3) is 0 Å². The molecule has 17 heavy (non-hydrogen) atoms. The Labute approximate surface area is 106 Å². The number of hydrogen-bond donors (Lipinski definition) is 1. The van der Waals surface area contributed by atoms with Gasteiger partial charge in [-0.1, -0.05) is 58.3 Å². The number of aliphatic carboxylic acids is 1. The summed E-state index contributed by atoms with van der Waals surface area (Å²) in [5.41, 5.74) is 0. The van der Waals surface area contributed by atoms with Crippen molar-refractivity contribution in [2.24, 2.45) is 11.8 Å². The van der Waals surface area contributed by atoms with E-state index < -0.39 is 5.97 Å².